The van der Waals surface area contributed by atoms with E-state index in [1.807, 2.05) is 30.9 Å². The highest BCUT2D eigenvalue weighted by atomic mass is 16.1. The van der Waals surface area contributed by atoms with E-state index >= 15 is 0 Å². The Morgan fingerprint density at radius 2 is 1.88 bits per heavy atom. The van der Waals surface area contributed by atoms with Gasteiger partial charge in [0.15, 0.2) is 5.65 Å². The first-order valence-electron chi connectivity index (χ1n) is 11.8. The average molecular weight is 461 g/mol. The van der Waals surface area contributed by atoms with Gasteiger partial charge < -0.3 is 9.80 Å². The van der Waals surface area contributed by atoms with Gasteiger partial charge in [0.1, 0.15) is 0 Å². The summed E-state index contributed by atoms with van der Waals surface area (Å²) in [6.07, 6.45) is 5.43. The molecule has 1 aliphatic heterocycles. The molecule has 4 heterocycles. The summed E-state index contributed by atoms with van der Waals surface area (Å²) in [5, 5.41) is 0. The van der Waals surface area contributed by atoms with Gasteiger partial charge in [-0.1, -0.05) is 6.07 Å². The van der Waals surface area contributed by atoms with Crippen molar-refractivity contribution in [2.75, 3.05) is 38.6 Å². The molecule has 0 bridgehead atoms. The number of piperazine rings is 1. The van der Waals surface area contributed by atoms with Gasteiger partial charge in [0, 0.05) is 63.8 Å². The van der Waals surface area contributed by atoms with Crippen LogP contribution < -0.4 is 10.5 Å². The third kappa shape index (κ3) is 4.05. The van der Waals surface area contributed by atoms with Gasteiger partial charge in [-0.25, -0.2) is 14.2 Å². The van der Waals surface area contributed by atoms with Crippen molar-refractivity contribution in [3.8, 4) is 0 Å². The first-order valence-corrected chi connectivity index (χ1v) is 11.8. The van der Waals surface area contributed by atoms with E-state index in [0.29, 0.717) is 0 Å². The standard InChI is InChI=1S/C25H32N8O/c1-17-14-31(18(2)19-6-7-21-22(12-19)27-9-8-26-21)10-11-32(17)23-13-24(34)30(5)33-16-20(15-29(3)4)28-25(23)33/h6-9,12-13,16-18H,10-11,14-15H2,1-5H3. The van der Waals surface area contributed by atoms with E-state index in [4.69, 9.17) is 4.98 Å². The molecule has 5 rings (SSSR count). The summed E-state index contributed by atoms with van der Waals surface area (Å²) in [7, 11) is 5.83. The maximum atomic E-state index is 12.8. The van der Waals surface area contributed by atoms with Crippen molar-refractivity contribution in [3.63, 3.8) is 0 Å². The second-order valence-corrected chi connectivity index (χ2v) is 9.55. The number of anilines is 1. The first kappa shape index (κ1) is 22.5. The summed E-state index contributed by atoms with van der Waals surface area (Å²) in [5.74, 6) is 0. The van der Waals surface area contributed by atoms with Crippen LogP contribution in [0.3, 0.4) is 0 Å². The minimum absolute atomic E-state index is 0.0310. The molecule has 1 saturated heterocycles. The smallest absolute Gasteiger partial charge is 0.267 e. The third-order valence-electron chi connectivity index (χ3n) is 6.84. The van der Waals surface area contributed by atoms with Crippen LogP contribution in [0.2, 0.25) is 0 Å². The molecule has 1 fully saturated rings. The lowest BCUT2D eigenvalue weighted by molar-refractivity contribution is 0.176. The Morgan fingerprint density at radius 1 is 1.12 bits per heavy atom. The molecule has 178 valence electrons. The minimum atomic E-state index is -0.0310. The Kier molecular flexibility index (Phi) is 5.83. The number of nitrogens with zero attached hydrogens (tertiary/aromatic N) is 8. The minimum Gasteiger partial charge on any atom is -0.363 e. The number of benzene rings is 1. The summed E-state index contributed by atoms with van der Waals surface area (Å²) in [6.45, 7) is 7.83. The van der Waals surface area contributed by atoms with Gasteiger partial charge >= 0.3 is 0 Å². The van der Waals surface area contributed by atoms with Crippen molar-refractivity contribution in [1.29, 1.82) is 0 Å². The quantitative estimate of drug-likeness (QED) is 0.452. The molecule has 2 atom stereocenters. The summed E-state index contributed by atoms with van der Waals surface area (Å²) in [4.78, 5) is 33.4. The van der Waals surface area contributed by atoms with E-state index in [9.17, 15) is 4.79 Å². The molecule has 9 nitrogen and oxygen atoms in total. The first-order chi connectivity index (χ1) is 16.3. The Morgan fingerprint density at radius 3 is 2.62 bits per heavy atom. The lowest BCUT2D eigenvalue weighted by Gasteiger charge is -2.43. The summed E-state index contributed by atoms with van der Waals surface area (Å²) < 4.78 is 3.50. The fourth-order valence-electron chi connectivity index (χ4n) is 4.96. The maximum Gasteiger partial charge on any atom is 0.267 e. The van der Waals surface area contributed by atoms with E-state index in [1.54, 1.807) is 30.2 Å². The number of hydrogen-bond acceptors (Lipinski definition) is 7. The molecule has 4 aromatic rings. The van der Waals surface area contributed by atoms with E-state index in [2.05, 4.69) is 50.6 Å². The SMILES string of the molecule is CC(c1ccc2nccnc2c1)N1CCN(c2cc(=O)n(C)n3cc(CN(C)C)nc23)C(C)C1. The molecule has 0 N–H and O–H groups in total. The van der Waals surface area contributed by atoms with Crippen LogP contribution in [0.25, 0.3) is 16.7 Å². The van der Waals surface area contributed by atoms with Crippen LogP contribution in [-0.4, -0.2) is 73.7 Å². The molecule has 0 amide bonds. The molecule has 3 aromatic heterocycles. The Hall–Kier alpha value is -3.30. The molecule has 1 aromatic carbocycles. The highest BCUT2D eigenvalue weighted by Crippen LogP contribution is 2.29. The van der Waals surface area contributed by atoms with Crippen LogP contribution in [0, 0.1) is 0 Å². The van der Waals surface area contributed by atoms with E-state index < -0.39 is 0 Å². The van der Waals surface area contributed by atoms with Crippen LogP contribution in [0.5, 0.6) is 0 Å². The van der Waals surface area contributed by atoms with Crippen LogP contribution in [0.1, 0.15) is 31.1 Å². The fourth-order valence-corrected chi connectivity index (χ4v) is 4.96. The van der Waals surface area contributed by atoms with Crippen molar-refractivity contribution in [2.45, 2.75) is 32.5 Å². The highest BCUT2D eigenvalue weighted by Gasteiger charge is 2.29. The summed E-state index contributed by atoms with van der Waals surface area (Å²) in [5.41, 5.74) is 5.75. The normalized spacial score (nSPS) is 18.3. The Bertz CT molecular complexity index is 1390. The zero-order valence-corrected chi connectivity index (χ0v) is 20.5. The topological polar surface area (TPSA) is 74.8 Å². The predicted octanol–water partition coefficient (Wildman–Crippen LogP) is 2.31. The molecular formula is C25H32N8O. The van der Waals surface area contributed by atoms with Gasteiger partial charge in [0.05, 0.1) is 28.6 Å². The number of hydrogen-bond donors (Lipinski definition) is 0. The van der Waals surface area contributed by atoms with Crippen LogP contribution >= 0.6 is 0 Å². The average Bonchev–Trinajstić information content (AvgIpc) is 3.24. The van der Waals surface area contributed by atoms with Gasteiger partial charge in [-0.3, -0.25) is 19.7 Å². The number of aromatic nitrogens is 5. The van der Waals surface area contributed by atoms with Crippen molar-refractivity contribution >= 4 is 22.4 Å². The lowest BCUT2D eigenvalue weighted by atomic mass is 10.0. The zero-order chi connectivity index (χ0) is 24.0. The molecule has 0 saturated carbocycles. The molecule has 0 radical (unpaired) electrons. The number of rotatable bonds is 5. The van der Waals surface area contributed by atoms with Crippen molar-refractivity contribution < 1.29 is 0 Å². The van der Waals surface area contributed by atoms with Crippen molar-refractivity contribution in [3.05, 3.63) is 64.5 Å². The Labute approximate surface area is 199 Å². The van der Waals surface area contributed by atoms with Gasteiger partial charge in [-0.05, 0) is 45.6 Å². The summed E-state index contributed by atoms with van der Waals surface area (Å²) in [6, 6.07) is 8.58. The number of imidazole rings is 1. The van der Waals surface area contributed by atoms with E-state index in [0.717, 1.165) is 54.2 Å². The predicted molar refractivity (Wildman–Crippen MR) is 134 cm³/mol. The monoisotopic (exact) mass is 460 g/mol. The highest BCUT2D eigenvalue weighted by molar-refractivity contribution is 5.74. The van der Waals surface area contributed by atoms with Gasteiger partial charge in [0.25, 0.3) is 5.56 Å². The summed E-state index contributed by atoms with van der Waals surface area (Å²) >= 11 is 0. The van der Waals surface area contributed by atoms with Crippen LogP contribution in [-0.2, 0) is 13.6 Å². The van der Waals surface area contributed by atoms with Crippen LogP contribution in [0.4, 0.5) is 5.69 Å². The van der Waals surface area contributed by atoms with Crippen molar-refractivity contribution in [1.82, 2.24) is 33.9 Å². The fraction of sp³-hybridized carbons (Fsp3) is 0.440. The molecule has 2 unspecified atom stereocenters. The molecule has 1 aliphatic rings. The molecular weight excluding hydrogens is 428 g/mol. The van der Waals surface area contributed by atoms with Gasteiger partial charge in [-0.2, -0.15) is 0 Å². The maximum absolute atomic E-state index is 12.8. The molecule has 0 aliphatic carbocycles. The number of aryl methyl sites for hydroxylation is 1. The zero-order valence-electron chi connectivity index (χ0n) is 20.5. The largest absolute Gasteiger partial charge is 0.363 e. The molecule has 0 spiro atoms. The second kappa shape index (κ2) is 8.81. The molecule has 34 heavy (non-hydrogen) atoms. The van der Waals surface area contributed by atoms with Crippen LogP contribution in [0.15, 0.2) is 47.7 Å². The molecule has 9 heteroatoms. The van der Waals surface area contributed by atoms with E-state index in [-0.39, 0.29) is 17.6 Å². The van der Waals surface area contributed by atoms with Gasteiger partial charge in [0.2, 0.25) is 0 Å². The Balaban J connectivity index is 1.40. The third-order valence-corrected chi connectivity index (χ3v) is 6.84. The van der Waals surface area contributed by atoms with E-state index in [1.165, 1.54) is 5.56 Å². The lowest BCUT2D eigenvalue weighted by Crippen LogP contribution is -2.53. The van der Waals surface area contributed by atoms with Crippen molar-refractivity contribution in [2.24, 2.45) is 7.05 Å². The second-order valence-electron chi connectivity index (χ2n) is 9.55. The van der Waals surface area contributed by atoms with Gasteiger partial charge in [-0.15, -0.1) is 0 Å². The number of fused-ring (bicyclic) bond motifs is 2.